The Balaban J connectivity index is 2.41. The molecule has 0 bridgehead atoms. The molecule has 0 fully saturated rings. The monoisotopic (exact) mass is 320 g/mol. The number of fused-ring (bicyclic) bond motifs is 1. The summed E-state index contributed by atoms with van der Waals surface area (Å²) in [5.41, 5.74) is 1.52. The number of methoxy groups -OCH3 is 1. The predicted octanol–water partition coefficient (Wildman–Crippen LogP) is 1.48. The van der Waals surface area contributed by atoms with Gasteiger partial charge in [0.25, 0.3) is 0 Å². The lowest BCUT2D eigenvalue weighted by Gasteiger charge is -2.27. The zero-order valence-electron chi connectivity index (χ0n) is 13.3. The molecule has 2 N–H and O–H groups in total. The number of rotatable bonds is 4. The summed E-state index contributed by atoms with van der Waals surface area (Å²) in [6, 6.07) is 3.83. The highest BCUT2D eigenvalue weighted by atomic mass is 16.5. The Morgan fingerprint density at radius 3 is 2.70 bits per heavy atom. The quantitative estimate of drug-likeness (QED) is 0.816. The number of carbonyl (C=O) groups excluding carboxylic acids is 2. The molecule has 1 amide bonds. The van der Waals surface area contributed by atoms with Crippen LogP contribution in [0.3, 0.4) is 0 Å². The Morgan fingerprint density at radius 1 is 1.43 bits per heavy atom. The number of hydrogen-bond donors (Lipinski definition) is 2. The fraction of sp³-hybridized carbons (Fsp3) is 0.438. The molecule has 23 heavy (non-hydrogen) atoms. The molecule has 7 nitrogen and oxygen atoms in total. The van der Waals surface area contributed by atoms with Crippen LogP contribution in [0.25, 0.3) is 0 Å². The van der Waals surface area contributed by atoms with Crippen molar-refractivity contribution < 1.29 is 24.2 Å². The maximum absolute atomic E-state index is 12.7. The number of carbonyl (C=O) groups is 3. The van der Waals surface area contributed by atoms with Gasteiger partial charge < -0.3 is 20.1 Å². The third kappa shape index (κ3) is 3.61. The molecule has 1 aliphatic heterocycles. The largest absolute Gasteiger partial charge is 0.478 e. The van der Waals surface area contributed by atoms with Crippen LogP contribution in [0.5, 0.6) is 0 Å². The van der Waals surface area contributed by atoms with Gasteiger partial charge in [0, 0.05) is 18.3 Å². The third-order valence-electron chi connectivity index (χ3n) is 3.83. The first-order chi connectivity index (χ1) is 10.8. The van der Waals surface area contributed by atoms with Crippen LogP contribution in [0, 0.1) is 0 Å². The molecule has 2 rings (SSSR count). The van der Waals surface area contributed by atoms with Gasteiger partial charge >= 0.3 is 11.9 Å². The normalized spacial score (nSPS) is 17.3. The topological polar surface area (TPSA) is 95.9 Å². The van der Waals surface area contributed by atoms with Gasteiger partial charge in [-0.25, -0.2) is 4.79 Å². The number of carboxylic acids is 1. The lowest BCUT2D eigenvalue weighted by Crippen LogP contribution is -2.44. The molecule has 0 radical (unpaired) electrons. The number of nitrogens with one attached hydrogen (secondary N) is 1. The SMILES string of the molecule is COC(=O)CC1Nc2ccc(C(=O)O)cc2CN(C(C)C)C1=O. The Hall–Kier alpha value is -2.57. The van der Waals surface area contributed by atoms with E-state index in [1.807, 2.05) is 13.8 Å². The van der Waals surface area contributed by atoms with Crippen molar-refractivity contribution in [1.29, 1.82) is 0 Å². The number of esters is 1. The van der Waals surface area contributed by atoms with Crippen molar-refractivity contribution in [2.45, 2.75) is 38.9 Å². The van der Waals surface area contributed by atoms with Crippen molar-refractivity contribution in [3.05, 3.63) is 29.3 Å². The average molecular weight is 320 g/mol. The predicted molar refractivity (Wildman–Crippen MR) is 83.1 cm³/mol. The summed E-state index contributed by atoms with van der Waals surface area (Å²) in [5.74, 6) is -1.71. The van der Waals surface area contributed by atoms with Gasteiger partial charge in [-0.3, -0.25) is 9.59 Å². The van der Waals surface area contributed by atoms with E-state index >= 15 is 0 Å². The summed E-state index contributed by atoms with van der Waals surface area (Å²) in [7, 11) is 1.27. The van der Waals surface area contributed by atoms with Crippen LogP contribution in [0.4, 0.5) is 5.69 Å². The van der Waals surface area contributed by atoms with Gasteiger partial charge in [0.1, 0.15) is 6.04 Å². The van der Waals surface area contributed by atoms with Crippen LogP contribution in [0.1, 0.15) is 36.2 Å². The minimum Gasteiger partial charge on any atom is -0.478 e. The van der Waals surface area contributed by atoms with E-state index in [2.05, 4.69) is 10.1 Å². The number of amides is 1. The summed E-state index contributed by atoms with van der Waals surface area (Å²) in [6.07, 6.45) is -0.0846. The molecule has 1 heterocycles. The highest BCUT2D eigenvalue weighted by Crippen LogP contribution is 2.26. The van der Waals surface area contributed by atoms with E-state index in [1.54, 1.807) is 17.0 Å². The molecule has 0 aliphatic carbocycles. The van der Waals surface area contributed by atoms with Crippen LogP contribution in [0.2, 0.25) is 0 Å². The van der Waals surface area contributed by atoms with E-state index in [9.17, 15) is 14.4 Å². The minimum absolute atomic E-state index is 0.0797. The maximum atomic E-state index is 12.7. The second-order valence-electron chi connectivity index (χ2n) is 5.71. The zero-order chi connectivity index (χ0) is 17.1. The lowest BCUT2D eigenvalue weighted by molar-refractivity contribution is -0.144. The molecule has 1 aromatic rings. The molecular weight excluding hydrogens is 300 g/mol. The highest BCUT2D eigenvalue weighted by molar-refractivity contribution is 5.92. The Morgan fingerprint density at radius 2 is 2.13 bits per heavy atom. The van der Waals surface area contributed by atoms with Crippen LogP contribution >= 0.6 is 0 Å². The summed E-state index contributed by atoms with van der Waals surface area (Å²) in [5, 5.41) is 12.2. The summed E-state index contributed by atoms with van der Waals surface area (Å²) >= 11 is 0. The molecule has 0 spiro atoms. The van der Waals surface area contributed by atoms with Gasteiger partial charge in [-0.1, -0.05) is 0 Å². The van der Waals surface area contributed by atoms with E-state index < -0.39 is 18.0 Å². The van der Waals surface area contributed by atoms with E-state index in [-0.39, 0.29) is 30.5 Å². The number of hydrogen-bond acceptors (Lipinski definition) is 5. The Bertz CT molecular complexity index is 641. The van der Waals surface area contributed by atoms with Crippen molar-refractivity contribution in [2.75, 3.05) is 12.4 Å². The van der Waals surface area contributed by atoms with Crippen LogP contribution in [-0.2, 0) is 20.9 Å². The summed E-state index contributed by atoms with van der Waals surface area (Å²) in [4.78, 5) is 37.0. The first-order valence-corrected chi connectivity index (χ1v) is 7.33. The number of aromatic carboxylic acids is 1. The van der Waals surface area contributed by atoms with E-state index in [0.29, 0.717) is 11.3 Å². The first kappa shape index (κ1) is 16.8. The smallest absolute Gasteiger partial charge is 0.335 e. The minimum atomic E-state index is -1.02. The third-order valence-corrected chi connectivity index (χ3v) is 3.83. The van der Waals surface area contributed by atoms with E-state index in [1.165, 1.54) is 13.2 Å². The lowest BCUT2D eigenvalue weighted by atomic mass is 10.1. The molecule has 124 valence electrons. The maximum Gasteiger partial charge on any atom is 0.335 e. The standard InChI is InChI=1S/C16H20N2O5/c1-9(2)18-8-11-6-10(16(21)22)4-5-12(11)17-13(15(18)20)7-14(19)23-3/h4-6,9,13,17H,7-8H2,1-3H3,(H,21,22). The average Bonchev–Trinajstić information content (AvgIpc) is 2.64. The van der Waals surface area contributed by atoms with Crippen molar-refractivity contribution >= 4 is 23.5 Å². The number of carboxylic acid groups (broad SMARTS) is 1. The molecule has 1 atom stereocenters. The van der Waals surface area contributed by atoms with Gasteiger partial charge in [0.05, 0.1) is 19.1 Å². The van der Waals surface area contributed by atoms with Gasteiger partial charge in [-0.15, -0.1) is 0 Å². The number of anilines is 1. The number of ether oxygens (including phenoxy) is 1. The Labute approximate surface area is 134 Å². The van der Waals surface area contributed by atoms with E-state index in [4.69, 9.17) is 5.11 Å². The van der Waals surface area contributed by atoms with Gasteiger partial charge in [-0.05, 0) is 37.6 Å². The van der Waals surface area contributed by atoms with Crippen molar-refractivity contribution in [3.63, 3.8) is 0 Å². The fourth-order valence-electron chi connectivity index (χ4n) is 2.53. The van der Waals surface area contributed by atoms with Crippen molar-refractivity contribution in [3.8, 4) is 0 Å². The first-order valence-electron chi connectivity index (χ1n) is 7.33. The number of benzene rings is 1. The van der Waals surface area contributed by atoms with Crippen molar-refractivity contribution in [2.24, 2.45) is 0 Å². The zero-order valence-corrected chi connectivity index (χ0v) is 13.3. The second-order valence-corrected chi connectivity index (χ2v) is 5.71. The molecule has 0 saturated heterocycles. The summed E-state index contributed by atoms with van der Waals surface area (Å²) < 4.78 is 4.65. The number of nitrogens with zero attached hydrogens (tertiary/aromatic N) is 1. The van der Waals surface area contributed by atoms with Crippen LogP contribution in [0.15, 0.2) is 18.2 Å². The molecule has 1 unspecified atom stereocenters. The molecule has 7 heteroatoms. The van der Waals surface area contributed by atoms with E-state index in [0.717, 1.165) is 0 Å². The summed E-state index contributed by atoms with van der Waals surface area (Å²) in [6.45, 7) is 4.04. The molecular formula is C16H20N2O5. The molecule has 0 saturated carbocycles. The molecule has 1 aliphatic rings. The van der Waals surface area contributed by atoms with Crippen LogP contribution in [-0.4, -0.2) is 47.0 Å². The molecule has 1 aromatic carbocycles. The Kier molecular flexibility index (Phi) is 4.88. The second kappa shape index (κ2) is 6.68. The van der Waals surface area contributed by atoms with Gasteiger partial charge in [0.2, 0.25) is 5.91 Å². The van der Waals surface area contributed by atoms with Gasteiger partial charge in [-0.2, -0.15) is 0 Å². The van der Waals surface area contributed by atoms with Gasteiger partial charge in [0.15, 0.2) is 0 Å². The van der Waals surface area contributed by atoms with Crippen LogP contribution < -0.4 is 5.32 Å². The van der Waals surface area contributed by atoms with Crippen molar-refractivity contribution in [1.82, 2.24) is 4.90 Å². The highest BCUT2D eigenvalue weighted by Gasteiger charge is 2.32. The fourth-order valence-corrected chi connectivity index (χ4v) is 2.53. The molecule has 0 aromatic heterocycles.